The highest BCUT2D eigenvalue weighted by Crippen LogP contribution is 2.42. The predicted molar refractivity (Wildman–Crippen MR) is 125 cm³/mol. The minimum atomic E-state index is -0.721. The van der Waals surface area contributed by atoms with E-state index >= 15 is 0 Å². The Kier molecular flexibility index (Phi) is 4.73. The molecule has 2 aliphatic rings. The second-order valence-corrected chi connectivity index (χ2v) is 8.93. The van der Waals surface area contributed by atoms with Crippen LogP contribution in [-0.4, -0.2) is 30.7 Å². The first-order chi connectivity index (χ1) is 16.1. The number of benzene rings is 1. The van der Waals surface area contributed by atoms with E-state index in [4.69, 9.17) is 0 Å². The molecule has 4 aromatic rings. The fraction of sp³-hybridized carbons (Fsp3) is 0.269. The summed E-state index contributed by atoms with van der Waals surface area (Å²) in [5, 5.41) is 18.4. The fourth-order valence-electron chi connectivity index (χ4n) is 5.10. The summed E-state index contributed by atoms with van der Waals surface area (Å²) in [6.45, 7) is 1.69. The molecule has 3 heterocycles. The molecule has 7 heteroatoms. The van der Waals surface area contributed by atoms with Gasteiger partial charge in [-0.3, -0.25) is 4.98 Å². The van der Waals surface area contributed by atoms with E-state index < -0.39 is 11.9 Å². The molecule has 3 aromatic heterocycles. The predicted octanol–water partition coefficient (Wildman–Crippen LogP) is 4.96. The van der Waals surface area contributed by atoms with Gasteiger partial charge in [-0.25, -0.2) is 9.37 Å². The molecule has 0 saturated heterocycles. The quantitative estimate of drug-likeness (QED) is 0.468. The van der Waals surface area contributed by atoms with E-state index in [2.05, 4.69) is 44.6 Å². The number of hydrogen-bond donors (Lipinski definition) is 2. The van der Waals surface area contributed by atoms with Gasteiger partial charge in [0.25, 0.3) is 0 Å². The molecule has 33 heavy (non-hydrogen) atoms. The summed E-state index contributed by atoms with van der Waals surface area (Å²) in [5.74, 6) is 0.353. The van der Waals surface area contributed by atoms with Gasteiger partial charge < -0.3 is 10.4 Å². The van der Waals surface area contributed by atoms with Crippen LogP contribution in [0.5, 0.6) is 0 Å². The molecule has 2 aliphatic carbocycles. The number of rotatable bonds is 4. The molecular weight excluding hydrogens is 417 g/mol. The highest BCUT2D eigenvalue weighted by atomic mass is 19.1. The molecule has 6 nitrogen and oxygen atoms in total. The summed E-state index contributed by atoms with van der Waals surface area (Å²) in [6.07, 6.45) is 7.78. The van der Waals surface area contributed by atoms with Crippen molar-refractivity contribution in [2.45, 2.75) is 44.8 Å². The first kappa shape index (κ1) is 20.1. The zero-order valence-electron chi connectivity index (χ0n) is 18.3. The van der Waals surface area contributed by atoms with Gasteiger partial charge >= 0.3 is 0 Å². The number of fused-ring (bicyclic) bond motifs is 3. The SMILES string of the molecule is C[C@H](O)c1cnn2c(N[C@@H]3CCC4=C(C3)c3ccccc3C4)cc(-c3cncc(F)c3)nc12. The van der Waals surface area contributed by atoms with Gasteiger partial charge in [0.1, 0.15) is 11.6 Å². The molecule has 1 aromatic carbocycles. The van der Waals surface area contributed by atoms with E-state index in [0.29, 0.717) is 22.5 Å². The third kappa shape index (κ3) is 3.49. The maximum absolute atomic E-state index is 13.9. The maximum Gasteiger partial charge on any atom is 0.163 e. The average Bonchev–Trinajstić information content (AvgIpc) is 3.41. The number of nitrogens with one attached hydrogen (secondary N) is 1. The number of allylic oxidation sites excluding steroid dienone is 1. The van der Waals surface area contributed by atoms with Crippen LogP contribution in [0.3, 0.4) is 0 Å². The van der Waals surface area contributed by atoms with Crippen LogP contribution in [0, 0.1) is 5.82 Å². The number of aromatic nitrogens is 4. The maximum atomic E-state index is 13.9. The second-order valence-electron chi connectivity index (χ2n) is 8.93. The van der Waals surface area contributed by atoms with Crippen LogP contribution in [0.25, 0.3) is 22.5 Å². The molecule has 0 bridgehead atoms. The highest BCUT2D eigenvalue weighted by Gasteiger charge is 2.28. The Bertz CT molecular complexity index is 1410. The Morgan fingerprint density at radius 1 is 1.18 bits per heavy atom. The minimum absolute atomic E-state index is 0.234. The van der Waals surface area contributed by atoms with Gasteiger partial charge in [-0.2, -0.15) is 9.61 Å². The molecule has 2 N–H and O–H groups in total. The summed E-state index contributed by atoms with van der Waals surface area (Å²) in [5.41, 5.74) is 8.15. The Morgan fingerprint density at radius 3 is 2.91 bits per heavy atom. The fourth-order valence-corrected chi connectivity index (χ4v) is 5.10. The molecule has 0 aliphatic heterocycles. The lowest BCUT2D eigenvalue weighted by Crippen LogP contribution is -2.24. The number of aliphatic hydroxyl groups excluding tert-OH is 1. The standard InChI is InChI=1S/C26H24FN5O/c1-15(33)23-14-29-32-25(11-24(31-26(23)32)18-9-19(27)13-28-12-18)30-20-7-6-17-8-16-4-2-3-5-21(16)22(17)10-20/h2-5,9,11-15,20,30,33H,6-8,10H2,1H3/t15-,20+/m0/s1. The van der Waals surface area contributed by atoms with Crippen molar-refractivity contribution in [2.24, 2.45) is 0 Å². The van der Waals surface area contributed by atoms with Crippen molar-refractivity contribution in [1.82, 2.24) is 19.6 Å². The number of aliphatic hydroxyl groups is 1. The minimum Gasteiger partial charge on any atom is -0.389 e. The van der Waals surface area contributed by atoms with Gasteiger partial charge in [0.2, 0.25) is 0 Å². The Balaban J connectivity index is 1.38. The van der Waals surface area contributed by atoms with Crippen LogP contribution >= 0.6 is 0 Å². The third-order valence-corrected chi connectivity index (χ3v) is 6.72. The lowest BCUT2D eigenvalue weighted by atomic mass is 9.88. The monoisotopic (exact) mass is 441 g/mol. The van der Waals surface area contributed by atoms with E-state index in [9.17, 15) is 9.50 Å². The lowest BCUT2D eigenvalue weighted by molar-refractivity contribution is 0.200. The Morgan fingerprint density at radius 2 is 2.06 bits per heavy atom. The number of halogens is 1. The van der Waals surface area contributed by atoms with E-state index in [1.165, 1.54) is 29.0 Å². The number of nitrogens with zero attached hydrogens (tertiary/aromatic N) is 4. The molecule has 0 spiro atoms. The van der Waals surface area contributed by atoms with Gasteiger partial charge in [-0.1, -0.05) is 29.8 Å². The van der Waals surface area contributed by atoms with Crippen LogP contribution in [0.2, 0.25) is 0 Å². The third-order valence-electron chi connectivity index (χ3n) is 6.72. The van der Waals surface area contributed by atoms with Gasteiger partial charge in [0.05, 0.1) is 24.2 Å². The van der Waals surface area contributed by atoms with Gasteiger partial charge in [0.15, 0.2) is 5.65 Å². The van der Waals surface area contributed by atoms with Crippen molar-refractivity contribution in [1.29, 1.82) is 0 Å². The summed E-state index contributed by atoms with van der Waals surface area (Å²) in [4.78, 5) is 8.66. The van der Waals surface area contributed by atoms with Crippen LogP contribution in [0.15, 0.2) is 60.6 Å². The average molecular weight is 442 g/mol. The molecular formula is C26H24FN5O. The van der Waals surface area contributed by atoms with E-state index in [-0.39, 0.29) is 6.04 Å². The van der Waals surface area contributed by atoms with Crippen molar-refractivity contribution in [3.63, 3.8) is 0 Å². The zero-order chi connectivity index (χ0) is 22.5. The second kappa shape index (κ2) is 7.78. The van der Waals surface area contributed by atoms with Crippen molar-refractivity contribution in [2.75, 3.05) is 5.32 Å². The van der Waals surface area contributed by atoms with Crippen LogP contribution < -0.4 is 5.32 Å². The van der Waals surface area contributed by atoms with Crippen LogP contribution in [0.4, 0.5) is 10.2 Å². The molecule has 0 amide bonds. The largest absolute Gasteiger partial charge is 0.389 e. The molecule has 2 atom stereocenters. The summed E-state index contributed by atoms with van der Waals surface area (Å²) in [6, 6.07) is 12.2. The van der Waals surface area contributed by atoms with E-state index in [0.717, 1.165) is 31.5 Å². The highest BCUT2D eigenvalue weighted by molar-refractivity contribution is 5.78. The molecule has 166 valence electrons. The lowest BCUT2D eigenvalue weighted by Gasteiger charge is -2.26. The normalized spacial score (nSPS) is 18.3. The van der Waals surface area contributed by atoms with Crippen molar-refractivity contribution in [3.05, 3.63) is 83.1 Å². The zero-order valence-corrected chi connectivity index (χ0v) is 18.3. The molecule has 0 radical (unpaired) electrons. The van der Waals surface area contributed by atoms with Crippen LogP contribution in [-0.2, 0) is 6.42 Å². The molecule has 0 saturated carbocycles. The van der Waals surface area contributed by atoms with Crippen molar-refractivity contribution >= 4 is 17.0 Å². The molecule has 0 unspecified atom stereocenters. The van der Waals surface area contributed by atoms with Crippen molar-refractivity contribution in [3.8, 4) is 11.3 Å². The number of anilines is 1. The Labute approximate surface area is 190 Å². The summed E-state index contributed by atoms with van der Waals surface area (Å²) < 4.78 is 15.6. The van der Waals surface area contributed by atoms with Crippen molar-refractivity contribution < 1.29 is 9.50 Å². The van der Waals surface area contributed by atoms with Gasteiger partial charge in [-0.15, -0.1) is 0 Å². The van der Waals surface area contributed by atoms with E-state index in [1.807, 2.05) is 6.07 Å². The smallest absolute Gasteiger partial charge is 0.163 e. The summed E-state index contributed by atoms with van der Waals surface area (Å²) >= 11 is 0. The number of hydrogen-bond acceptors (Lipinski definition) is 5. The van der Waals surface area contributed by atoms with Crippen LogP contribution in [0.1, 0.15) is 49.0 Å². The first-order valence-electron chi connectivity index (χ1n) is 11.3. The van der Waals surface area contributed by atoms with E-state index in [1.54, 1.807) is 29.4 Å². The number of pyridine rings is 1. The summed E-state index contributed by atoms with van der Waals surface area (Å²) in [7, 11) is 0. The molecule has 6 rings (SSSR count). The molecule has 0 fully saturated rings. The van der Waals surface area contributed by atoms with Gasteiger partial charge in [0, 0.05) is 29.4 Å². The van der Waals surface area contributed by atoms with Gasteiger partial charge in [-0.05, 0) is 55.4 Å². The first-order valence-corrected chi connectivity index (χ1v) is 11.3. The Hall–Kier alpha value is -3.58. The topological polar surface area (TPSA) is 75.3 Å².